The van der Waals surface area contributed by atoms with Gasteiger partial charge in [-0.05, 0) is 5.56 Å². The highest BCUT2D eigenvalue weighted by atomic mass is 16.5. The van der Waals surface area contributed by atoms with E-state index in [0.717, 1.165) is 38.4 Å². The second kappa shape index (κ2) is 11.6. The molecule has 1 aromatic heterocycles. The molecule has 2 fully saturated rings. The number of nitrogens with zero attached hydrogens (tertiary/aromatic N) is 4. The number of hydrogen-bond acceptors (Lipinski definition) is 8. The molecule has 4 rings (SSSR count). The molecule has 10 heteroatoms. The van der Waals surface area contributed by atoms with Gasteiger partial charge in [-0.25, -0.2) is 4.79 Å². The van der Waals surface area contributed by atoms with Crippen LogP contribution >= 0.6 is 0 Å². The van der Waals surface area contributed by atoms with Crippen LogP contribution in [0.25, 0.3) is 0 Å². The molecule has 2 saturated heterocycles. The zero-order valence-electron chi connectivity index (χ0n) is 18.2. The average molecular weight is 443 g/mol. The molecule has 2 aliphatic heterocycles. The molecular formula is C22H30N6O4. The largest absolute Gasteiger partial charge is 0.476 e. The van der Waals surface area contributed by atoms with Crippen LogP contribution in [-0.2, 0) is 16.0 Å². The van der Waals surface area contributed by atoms with Gasteiger partial charge in [0.1, 0.15) is 12.4 Å². The minimum Gasteiger partial charge on any atom is -0.476 e. The summed E-state index contributed by atoms with van der Waals surface area (Å²) in [6.45, 7) is 7.64. The average Bonchev–Trinajstić information content (AvgIpc) is 2.84. The Morgan fingerprint density at radius 2 is 1.72 bits per heavy atom. The van der Waals surface area contributed by atoms with Gasteiger partial charge >= 0.3 is 6.03 Å². The Bertz CT molecular complexity index is 857. The lowest BCUT2D eigenvalue weighted by Crippen LogP contribution is -2.39. The summed E-state index contributed by atoms with van der Waals surface area (Å²) in [6.07, 6.45) is 0. The molecule has 0 bridgehead atoms. The Morgan fingerprint density at radius 3 is 2.47 bits per heavy atom. The summed E-state index contributed by atoms with van der Waals surface area (Å²) in [6, 6.07) is 11.1. The SMILES string of the molecule is O=C(NCc1ccccc1)Nc1cc(OCCN2CCOCC2)nc(N2CCOCC2)n1. The molecule has 10 nitrogen and oxygen atoms in total. The Morgan fingerprint density at radius 1 is 1.00 bits per heavy atom. The molecule has 32 heavy (non-hydrogen) atoms. The van der Waals surface area contributed by atoms with Crippen LogP contribution in [0.3, 0.4) is 0 Å². The molecule has 0 spiro atoms. The first-order chi connectivity index (χ1) is 15.8. The molecule has 0 saturated carbocycles. The zero-order valence-corrected chi connectivity index (χ0v) is 18.2. The van der Waals surface area contributed by atoms with Crippen LogP contribution in [0.4, 0.5) is 16.6 Å². The van der Waals surface area contributed by atoms with E-state index in [1.54, 1.807) is 6.07 Å². The summed E-state index contributed by atoms with van der Waals surface area (Å²) in [5, 5.41) is 5.65. The van der Waals surface area contributed by atoms with Crippen LogP contribution < -0.4 is 20.3 Å². The summed E-state index contributed by atoms with van der Waals surface area (Å²) >= 11 is 0. The van der Waals surface area contributed by atoms with Crippen LogP contribution in [0.5, 0.6) is 5.88 Å². The predicted molar refractivity (Wildman–Crippen MR) is 120 cm³/mol. The quantitative estimate of drug-likeness (QED) is 0.632. The van der Waals surface area contributed by atoms with Crippen molar-refractivity contribution in [2.24, 2.45) is 0 Å². The number of aromatic nitrogens is 2. The van der Waals surface area contributed by atoms with Crippen molar-refractivity contribution in [1.29, 1.82) is 0 Å². The van der Waals surface area contributed by atoms with Crippen LogP contribution in [0.2, 0.25) is 0 Å². The normalized spacial score (nSPS) is 17.1. The Kier molecular flexibility index (Phi) is 8.07. The van der Waals surface area contributed by atoms with Crippen molar-refractivity contribution in [2.45, 2.75) is 6.54 Å². The van der Waals surface area contributed by atoms with E-state index < -0.39 is 0 Å². The van der Waals surface area contributed by atoms with Crippen molar-refractivity contribution in [3.05, 3.63) is 42.0 Å². The molecule has 2 amide bonds. The van der Waals surface area contributed by atoms with Gasteiger partial charge in [-0.2, -0.15) is 9.97 Å². The van der Waals surface area contributed by atoms with Crippen LogP contribution in [0.15, 0.2) is 36.4 Å². The van der Waals surface area contributed by atoms with Gasteiger partial charge < -0.3 is 24.4 Å². The zero-order chi connectivity index (χ0) is 22.0. The number of ether oxygens (including phenoxy) is 3. The van der Waals surface area contributed by atoms with Gasteiger partial charge in [-0.1, -0.05) is 30.3 Å². The lowest BCUT2D eigenvalue weighted by Gasteiger charge is -2.28. The minimum absolute atomic E-state index is 0.334. The standard InChI is InChI=1S/C22H30N6O4/c29-22(23-17-18-4-2-1-3-5-18)25-19-16-20(32-15-8-27-6-11-30-12-7-27)26-21(24-19)28-9-13-31-14-10-28/h1-5,16H,6-15,17H2,(H2,23,24,25,26,29). The van der Waals surface area contributed by atoms with Crippen molar-refractivity contribution in [1.82, 2.24) is 20.2 Å². The first-order valence-corrected chi connectivity index (χ1v) is 11.0. The topological polar surface area (TPSA) is 101 Å². The molecule has 2 N–H and O–H groups in total. The Hall–Kier alpha value is -2.95. The highest BCUT2D eigenvalue weighted by molar-refractivity contribution is 5.88. The lowest BCUT2D eigenvalue weighted by atomic mass is 10.2. The number of urea groups is 1. The van der Waals surface area contributed by atoms with Crippen molar-refractivity contribution in [2.75, 3.05) is 76.0 Å². The molecule has 172 valence electrons. The van der Waals surface area contributed by atoms with Gasteiger partial charge in [0.05, 0.1) is 26.4 Å². The molecule has 0 atom stereocenters. The van der Waals surface area contributed by atoms with Gasteiger partial charge in [0.25, 0.3) is 0 Å². The maximum absolute atomic E-state index is 12.4. The number of hydrogen-bond donors (Lipinski definition) is 2. The number of anilines is 2. The Balaban J connectivity index is 1.38. The van der Waals surface area contributed by atoms with Crippen LogP contribution in [-0.4, -0.2) is 86.7 Å². The number of rotatable bonds is 8. The molecule has 0 radical (unpaired) electrons. The summed E-state index contributed by atoms with van der Waals surface area (Å²) < 4.78 is 16.7. The summed E-state index contributed by atoms with van der Waals surface area (Å²) in [5.41, 5.74) is 1.02. The minimum atomic E-state index is -0.334. The van der Waals surface area contributed by atoms with Crippen LogP contribution in [0, 0.1) is 0 Å². The highest BCUT2D eigenvalue weighted by Gasteiger charge is 2.17. The maximum Gasteiger partial charge on any atom is 0.320 e. The second-order valence-electron chi connectivity index (χ2n) is 7.59. The molecule has 3 heterocycles. The fourth-order valence-corrected chi connectivity index (χ4v) is 3.50. The number of amides is 2. The number of carbonyl (C=O) groups excluding carboxylic acids is 1. The monoisotopic (exact) mass is 442 g/mol. The van der Waals surface area contributed by atoms with Gasteiger partial charge in [0, 0.05) is 45.3 Å². The first-order valence-electron chi connectivity index (χ1n) is 11.0. The van der Waals surface area contributed by atoms with E-state index in [-0.39, 0.29) is 6.03 Å². The third kappa shape index (κ3) is 6.78. The molecule has 0 aliphatic carbocycles. The van der Waals surface area contributed by atoms with Crippen molar-refractivity contribution < 1.29 is 19.0 Å². The molecule has 1 aromatic carbocycles. The first kappa shape index (κ1) is 22.3. The number of carbonyl (C=O) groups is 1. The van der Waals surface area contributed by atoms with Crippen molar-refractivity contribution in [3.8, 4) is 5.88 Å². The van der Waals surface area contributed by atoms with E-state index in [1.807, 2.05) is 35.2 Å². The van der Waals surface area contributed by atoms with E-state index in [0.29, 0.717) is 57.1 Å². The van der Waals surface area contributed by atoms with E-state index in [4.69, 9.17) is 14.2 Å². The lowest BCUT2D eigenvalue weighted by molar-refractivity contribution is 0.0320. The fraction of sp³-hybridized carbons (Fsp3) is 0.500. The van der Waals surface area contributed by atoms with Gasteiger partial charge in [-0.15, -0.1) is 0 Å². The van der Waals surface area contributed by atoms with E-state index >= 15 is 0 Å². The smallest absolute Gasteiger partial charge is 0.320 e. The van der Waals surface area contributed by atoms with Gasteiger partial charge in [0.15, 0.2) is 0 Å². The third-order valence-electron chi connectivity index (χ3n) is 5.28. The van der Waals surface area contributed by atoms with Gasteiger partial charge in [-0.3, -0.25) is 10.2 Å². The number of nitrogens with one attached hydrogen (secondary N) is 2. The summed E-state index contributed by atoms with van der Waals surface area (Å²) in [4.78, 5) is 25.9. The molecular weight excluding hydrogens is 412 g/mol. The highest BCUT2D eigenvalue weighted by Crippen LogP contribution is 2.20. The molecule has 2 aliphatic rings. The van der Waals surface area contributed by atoms with Gasteiger partial charge in [0.2, 0.25) is 11.8 Å². The predicted octanol–water partition coefficient (Wildman–Crippen LogP) is 1.35. The van der Waals surface area contributed by atoms with E-state index in [9.17, 15) is 4.79 Å². The fourth-order valence-electron chi connectivity index (χ4n) is 3.50. The van der Waals surface area contributed by atoms with Crippen molar-refractivity contribution in [3.63, 3.8) is 0 Å². The van der Waals surface area contributed by atoms with E-state index in [1.165, 1.54) is 0 Å². The van der Waals surface area contributed by atoms with Crippen LogP contribution in [0.1, 0.15) is 5.56 Å². The Labute approximate surface area is 187 Å². The maximum atomic E-state index is 12.4. The summed E-state index contributed by atoms with van der Waals surface area (Å²) in [5.74, 6) is 1.36. The molecule has 0 unspecified atom stereocenters. The number of benzene rings is 1. The van der Waals surface area contributed by atoms with E-state index in [2.05, 4.69) is 25.5 Å². The van der Waals surface area contributed by atoms with Crippen molar-refractivity contribution >= 4 is 17.8 Å². The number of morpholine rings is 2. The second-order valence-corrected chi connectivity index (χ2v) is 7.59. The third-order valence-corrected chi connectivity index (χ3v) is 5.28. The molecule has 2 aromatic rings. The summed E-state index contributed by atoms with van der Waals surface area (Å²) in [7, 11) is 0.